The third-order valence-corrected chi connectivity index (χ3v) is 2.20. The first-order valence-corrected chi connectivity index (χ1v) is 4.95. The lowest BCUT2D eigenvalue weighted by Gasteiger charge is -1.95. The van der Waals surface area contributed by atoms with E-state index in [9.17, 15) is 4.79 Å². The third kappa shape index (κ3) is 3.29. The molecule has 13 heavy (non-hydrogen) atoms. The van der Waals surface area contributed by atoms with Gasteiger partial charge in [0.1, 0.15) is 0 Å². The van der Waals surface area contributed by atoms with Crippen LogP contribution in [0.25, 0.3) is 0 Å². The number of hydrogen-bond donors (Lipinski definition) is 1. The van der Waals surface area contributed by atoms with Gasteiger partial charge in [-0.05, 0) is 24.0 Å². The maximum atomic E-state index is 9.87. The van der Waals surface area contributed by atoms with Crippen molar-refractivity contribution in [3.63, 3.8) is 0 Å². The lowest BCUT2D eigenvalue weighted by Crippen LogP contribution is -2.00. The van der Waals surface area contributed by atoms with Gasteiger partial charge in [-0.1, -0.05) is 12.1 Å². The minimum Gasteiger partial charge on any atom is -0.277 e. The highest BCUT2D eigenvalue weighted by atomic mass is 32.2. The van der Waals surface area contributed by atoms with Crippen LogP contribution in [0, 0.1) is 0 Å². The first kappa shape index (κ1) is 9.80. The molecule has 0 saturated carbocycles. The van der Waals surface area contributed by atoms with Crippen LogP contribution in [-0.2, 0) is 4.79 Å². The number of carbonyl (C=O) groups excluding carboxylic acids is 1. The van der Waals surface area contributed by atoms with E-state index >= 15 is 0 Å². The lowest BCUT2D eigenvalue weighted by molar-refractivity contribution is -0.109. The Labute approximate surface area is 81.2 Å². The van der Waals surface area contributed by atoms with Crippen LogP contribution in [0.1, 0.15) is 5.56 Å². The zero-order valence-electron chi connectivity index (χ0n) is 7.23. The van der Waals surface area contributed by atoms with E-state index in [0.717, 1.165) is 5.56 Å². The zero-order chi connectivity index (χ0) is 9.52. The summed E-state index contributed by atoms with van der Waals surface area (Å²) >= 11 is 1.69. The minimum atomic E-state index is 0.534. The van der Waals surface area contributed by atoms with Gasteiger partial charge in [0.15, 0.2) is 0 Å². The van der Waals surface area contributed by atoms with Crippen LogP contribution < -0.4 is 5.43 Å². The molecule has 4 heteroatoms. The number of nitrogens with zero attached hydrogens (tertiary/aromatic N) is 1. The molecule has 0 saturated heterocycles. The van der Waals surface area contributed by atoms with Crippen molar-refractivity contribution in [1.29, 1.82) is 0 Å². The molecule has 1 amide bonds. The van der Waals surface area contributed by atoms with Crippen molar-refractivity contribution in [2.45, 2.75) is 4.90 Å². The molecular weight excluding hydrogens is 184 g/mol. The molecule has 0 aliphatic rings. The fourth-order valence-electron chi connectivity index (χ4n) is 0.832. The monoisotopic (exact) mass is 194 g/mol. The summed E-state index contributed by atoms with van der Waals surface area (Å²) in [6, 6.07) is 7.91. The average Bonchev–Trinajstić information content (AvgIpc) is 2.19. The first-order valence-electron chi connectivity index (χ1n) is 3.73. The molecule has 1 aromatic rings. The van der Waals surface area contributed by atoms with E-state index in [1.807, 2.05) is 30.5 Å². The van der Waals surface area contributed by atoms with E-state index in [1.54, 1.807) is 18.0 Å². The molecule has 68 valence electrons. The van der Waals surface area contributed by atoms with Gasteiger partial charge in [-0.3, -0.25) is 4.79 Å². The van der Waals surface area contributed by atoms with Crippen LogP contribution in [0.3, 0.4) is 0 Å². The molecule has 0 spiro atoms. The summed E-state index contributed by atoms with van der Waals surface area (Å²) < 4.78 is 0. The molecule has 0 bridgehead atoms. The molecule has 0 aliphatic carbocycles. The number of amides is 1. The van der Waals surface area contributed by atoms with Crippen LogP contribution in [0.15, 0.2) is 34.3 Å². The quantitative estimate of drug-likeness (QED) is 0.341. The number of thioether (sulfide) groups is 1. The van der Waals surface area contributed by atoms with Gasteiger partial charge in [0.05, 0.1) is 6.21 Å². The van der Waals surface area contributed by atoms with Gasteiger partial charge < -0.3 is 0 Å². The van der Waals surface area contributed by atoms with Gasteiger partial charge in [-0.15, -0.1) is 11.8 Å². The van der Waals surface area contributed by atoms with Crippen molar-refractivity contribution < 1.29 is 4.79 Å². The second kappa shape index (κ2) is 5.37. The van der Waals surface area contributed by atoms with E-state index in [2.05, 4.69) is 10.5 Å². The Hall–Kier alpha value is -1.29. The Morgan fingerprint density at radius 1 is 1.38 bits per heavy atom. The van der Waals surface area contributed by atoms with Gasteiger partial charge in [0.2, 0.25) is 6.41 Å². The molecule has 0 heterocycles. The summed E-state index contributed by atoms with van der Waals surface area (Å²) in [7, 11) is 0. The van der Waals surface area contributed by atoms with E-state index in [0.29, 0.717) is 6.41 Å². The second-order valence-corrected chi connectivity index (χ2v) is 3.16. The molecule has 3 nitrogen and oxygen atoms in total. The first-order chi connectivity index (χ1) is 6.36. The van der Waals surface area contributed by atoms with Crippen LogP contribution in [0.2, 0.25) is 0 Å². The van der Waals surface area contributed by atoms with Gasteiger partial charge in [-0.2, -0.15) is 5.10 Å². The number of hydrogen-bond acceptors (Lipinski definition) is 3. The average molecular weight is 194 g/mol. The standard InChI is InChI=1S/C9H10N2OS/c1-13-9-4-2-8(3-5-9)6-10-11-7-12/h2-7H,1H3,(H,11,12)/b10-6+. The molecule has 1 rings (SSSR count). The predicted molar refractivity (Wildman–Crippen MR) is 55.0 cm³/mol. The fraction of sp³-hybridized carbons (Fsp3) is 0.111. The molecule has 1 N–H and O–H groups in total. The summed E-state index contributed by atoms with van der Waals surface area (Å²) in [6.07, 6.45) is 4.16. The zero-order valence-corrected chi connectivity index (χ0v) is 8.04. The van der Waals surface area contributed by atoms with Crippen molar-refractivity contribution in [2.24, 2.45) is 5.10 Å². The number of hydrazone groups is 1. The van der Waals surface area contributed by atoms with Crippen molar-refractivity contribution in [3.05, 3.63) is 29.8 Å². The number of benzene rings is 1. The van der Waals surface area contributed by atoms with Crippen molar-refractivity contribution >= 4 is 24.4 Å². The van der Waals surface area contributed by atoms with Crippen LogP contribution >= 0.6 is 11.8 Å². The van der Waals surface area contributed by atoms with E-state index in [4.69, 9.17) is 0 Å². The largest absolute Gasteiger partial charge is 0.277 e. The molecule has 0 atom stereocenters. The third-order valence-electron chi connectivity index (χ3n) is 1.46. The molecule has 0 aromatic heterocycles. The summed E-state index contributed by atoms with van der Waals surface area (Å²) in [5, 5.41) is 3.67. The number of carbonyl (C=O) groups is 1. The normalized spacial score (nSPS) is 10.2. The van der Waals surface area contributed by atoms with Gasteiger partial charge in [0.25, 0.3) is 0 Å². The Kier molecular flexibility index (Phi) is 4.05. The maximum Gasteiger partial charge on any atom is 0.227 e. The summed E-state index contributed by atoms with van der Waals surface area (Å²) in [5.74, 6) is 0. The topological polar surface area (TPSA) is 41.5 Å². The van der Waals surface area contributed by atoms with Crippen molar-refractivity contribution in [2.75, 3.05) is 6.26 Å². The molecule has 0 unspecified atom stereocenters. The fourth-order valence-corrected chi connectivity index (χ4v) is 1.24. The summed E-state index contributed by atoms with van der Waals surface area (Å²) in [4.78, 5) is 11.1. The van der Waals surface area contributed by atoms with Crippen LogP contribution in [0.5, 0.6) is 0 Å². The predicted octanol–water partition coefficient (Wildman–Crippen LogP) is 1.49. The smallest absolute Gasteiger partial charge is 0.227 e. The highest BCUT2D eigenvalue weighted by Gasteiger charge is 1.89. The van der Waals surface area contributed by atoms with Crippen LogP contribution in [0.4, 0.5) is 0 Å². The summed E-state index contributed by atoms with van der Waals surface area (Å²) in [5.41, 5.74) is 3.17. The highest BCUT2D eigenvalue weighted by Crippen LogP contribution is 2.13. The number of rotatable bonds is 4. The molecule has 0 fully saturated rings. The second-order valence-electron chi connectivity index (χ2n) is 2.28. The Balaban J connectivity index is 2.63. The Morgan fingerprint density at radius 3 is 2.62 bits per heavy atom. The Bertz CT molecular complexity index is 295. The SMILES string of the molecule is CSc1ccc(/C=N/NC=O)cc1. The maximum absolute atomic E-state index is 9.87. The van der Waals surface area contributed by atoms with Gasteiger partial charge in [-0.25, -0.2) is 5.43 Å². The van der Waals surface area contributed by atoms with E-state index in [1.165, 1.54) is 4.90 Å². The molecule has 0 aliphatic heterocycles. The van der Waals surface area contributed by atoms with Gasteiger partial charge >= 0.3 is 0 Å². The number of nitrogens with one attached hydrogen (secondary N) is 1. The van der Waals surface area contributed by atoms with Gasteiger partial charge in [0, 0.05) is 4.90 Å². The van der Waals surface area contributed by atoms with E-state index < -0.39 is 0 Å². The lowest BCUT2D eigenvalue weighted by atomic mass is 10.2. The minimum absolute atomic E-state index is 0.534. The van der Waals surface area contributed by atoms with Crippen molar-refractivity contribution in [1.82, 2.24) is 5.43 Å². The van der Waals surface area contributed by atoms with Crippen LogP contribution in [-0.4, -0.2) is 18.9 Å². The molecule has 1 aromatic carbocycles. The van der Waals surface area contributed by atoms with E-state index in [-0.39, 0.29) is 0 Å². The summed E-state index contributed by atoms with van der Waals surface area (Å²) in [6.45, 7) is 0. The highest BCUT2D eigenvalue weighted by molar-refractivity contribution is 7.98. The van der Waals surface area contributed by atoms with Crippen molar-refractivity contribution in [3.8, 4) is 0 Å². The Morgan fingerprint density at radius 2 is 2.08 bits per heavy atom. The molecule has 0 radical (unpaired) electrons. The molecular formula is C9H10N2OS.